The number of nitro groups is 1. The molecule has 1 saturated heterocycles. The fraction of sp³-hybridized carbons (Fsp3) is 0.280. The predicted octanol–water partition coefficient (Wildman–Crippen LogP) is 5.08. The first-order valence-electron chi connectivity index (χ1n) is 11.6. The molecule has 0 radical (unpaired) electrons. The molecule has 0 atom stereocenters. The Labute approximate surface area is 220 Å². The minimum atomic E-state index is -4.24. The summed E-state index contributed by atoms with van der Waals surface area (Å²) in [5.74, 6) is 0. The molecular formula is C25H27ClN6O4S. The minimum Gasteiger partial charge on any atom is -0.304 e. The number of azo groups is 1. The molecule has 1 aliphatic heterocycles. The van der Waals surface area contributed by atoms with E-state index >= 15 is 0 Å². The zero-order valence-corrected chi connectivity index (χ0v) is 21.8. The number of para-hydroxylation sites is 1. The van der Waals surface area contributed by atoms with Crippen LogP contribution in [0.5, 0.6) is 0 Å². The zero-order valence-electron chi connectivity index (χ0n) is 20.2. The number of benzene rings is 3. The van der Waals surface area contributed by atoms with Gasteiger partial charge in [0.05, 0.1) is 22.2 Å². The number of rotatable bonds is 9. The third-order valence-corrected chi connectivity index (χ3v) is 7.74. The highest BCUT2D eigenvalue weighted by molar-refractivity contribution is 7.92. The van der Waals surface area contributed by atoms with Crippen molar-refractivity contribution in [3.8, 4) is 0 Å². The van der Waals surface area contributed by atoms with Crippen molar-refractivity contribution in [1.82, 2.24) is 9.80 Å². The third kappa shape index (κ3) is 7.10. The normalized spacial score (nSPS) is 15.2. The average Bonchev–Trinajstić information content (AvgIpc) is 2.88. The lowest BCUT2D eigenvalue weighted by molar-refractivity contribution is -0.385. The van der Waals surface area contributed by atoms with Gasteiger partial charge in [-0.05, 0) is 36.4 Å². The molecule has 0 aliphatic carbocycles. The van der Waals surface area contributed by atoms with Crippen LogP contribution in [-0.4, -0.2) is 56.4 Å². The first-order valence-corrected chi connectivity index (χ1v) is 13.5. The van der Waals surface area contributed by atoms with Gasteiger partial charge >= 0.3 is 0 Å². The smallest absolute Gasteiger partial charge is 0.270 e. The zero-order chi connectivity index (χ0) is 26.4. The van der Waals surface area contributed by atoms with E-state index < -0.39 is 14.9 Å². The largest absolute Gasteiger partial charge is 0.304 e. The summed E-state index contributed by atoms with van der Waals surface area (Å²) in [5.41, 5.74) is 1.87. The molecule has 194 valence electrons. The van der Waals surface area contributed by atoms with Crippen LogP contribution in [0.2, 0.25) is 5.02 Å². The second-order valence-electron chi connectivity index (χ2n) is 8.79. The maximum atomic E-state index is 13.1. The van der Waals surface area contributed by atoms with Crippen LogP contribution >= 0.6 is 11.6 Å². The SMILES string of the molecule is CN1CCN(Cc2ccc(CN=Nc3ccc([N+](=O)[O-])cc3S(=O)(=O)Nc3ccccc3Cl)cc2)CC1. The molecule has 1 fully saturated rings. The highest BCUT2D eigenvalue weighted by atomic mass is 35.5. The number of anilines is 1. The van der Waals surface area contributed by atoms with Crippen LogP contribution in [0.25, 0.3) is 0 Å². The maximum Gasteiger partial charge on any atom is 0.270 e. The second-order valence-corrected chi connectivity index (χ2v) is 10.8. The summed E-state index contributed by atoms with van der Waals surface area (Å²) < 4.78 is 28.6. The summed E-state index contributed by atoms with van der Waals surface area (Å²) >= 11 is 6.08. The van der Waals surface area contributed by atoms with E-state index in [9.17, 15) is 18.5 Å². The molecular weight excluding hydrogens is 516 g/mol. The number of sulfonamides is 1. The Kier molecular flexibility index (Phi) is 8.49. The molecule has 1 N–H and O–H groups in total. The van der Waals surface area contributed by atoms with Crippen molar-refractivity contribution >= 4 is 38.7 Å². The number of nitrogens with one attached hydrogen (secondary N) is 1. The summed E-state index contributed by atoms with van der Waals surface area (Å²) in [5, 5.41) is 19.7. The van der Waals surface area contributed by atoms with Gasteiger partial charge in [-0.25, -0.2) is 8.42 Å². The van der Waals surface area contributed by atoms with Crippen molar-refractivity contribution in [3.05, 3.63) is 93.0 Å². The summed E-state index contributed by atoms with van der Waals surface area (Å²) in [4.78, 5) is 15.0. The number of nitro benzene ring substituents is 1. The van der Waals surface area contributed by atoms with Gasteiger partial charge in [0, 0.05) is 44.9 Å². The lowest BCUT2D eigenvalue weighted by Crippen LogP contribution is -2.43. The molecule has 10 nitrogen and oxygen atoms in total. The first kappa shape index (κ1) is 26.7. The molecule has 0 amide bonds. The van der Waals surface area contributed by atoms with E-state index in [-0.39, 0.29) is 33.5 Å². The van der Waals surface area contributed by atoms with Gasteiger partial charge in [-0.1, -0.05) is 48.0 Å². The Morgan fingerprint density at radius 1 is 1.00 bits per heavy atom. The molecule has 3 aromatic carbocycles. The standard InChI is InChI=1S/C25H27ClN6O4S/c1-30-12-14-31(15-13-30)18-20-8-6-19(7-9-20)17-27-28-24-11-10-21(32(33)34)16-25(24)37(35,36)29-23-5-3-2-4-22(23)26/h2-11,16,29H,12-15,17-18H2,1H3. The molecule has 0 saturated carbocycles. The van der Waals surface area contributed by atoms with Crippen molar-refractivity contribution in [2.75, 3.05) is 37.9 Å². The first-order chi connectivity index (χ1) is 17.7. The van der Waals surface area contributed by atoms with E-state index in [2.05, 4.69) is 43.9 Å². The van der Waals surface area contributed by atoms with Gasteiger partial charge in [-0.2, -0.15) is 10.2 Å². The van der Waals surface area contributed by atoms with Crippen LogP contribution in [-0.2, 0) is 23.1 Å². The fourth-order valence-electron chi connectivity index (χ4n) is 3.87. The molecule has 1 heterocycles. The molecule has 0 bridgehead atoms. The topological polar surface area (TPSA) is 121 Å². The fourth-order valence-corrected chi connectivity index (χ4v) is 5.34. The number of piperazine rings is 1. The number of hydrogen-bond acceptors (Lipinski definition) is 8. The van der Waals surface area contributed by atoms with Gasteiger partial charge in [0.2, 0.25) is 0 Å². The molecule has 3 aromatic rings. The van der Waals surface area contributed by atoms with Crippen LogP contribution in [0.3, 0.4) is 0 Å². The third-order valence-electron chi connectivity index (χ3n) is 6.02. The summed E-state index contributed by atoms with van der Waals surface area (Å²) in [6.45, 7) is 5.32. The molecule has 4 rings (SSSR count). The predicted molar refractivity (Wildman–Crippen MR) is 143 cm³/mol. The van der Waals surface area contributed by atoms with E-state index in [1.54, 1.807) is 12.1 Å². The lowest BCUT2D eigenvalue weighted by atomic mass is 10.1. The Morgan fingerprint density at radius 3 is 2.35 bits per heavy atom. The van der Waals surface area contributed by atoms with Crippen LogP contribution in [0, 0.1) is 10.1 Å². The van der Waals surface area contributed by atoms with E-state index in [1.807, 2.05) is 12.1 Å². The van der Waals surface area contributed by atoms with Gasteiger partial charge in [0.1, 0.15) is 10.6 Å². The quantitative estimate of drug-likeness (QED) is 0.229. The highest BCUT2D eigenvalue weighted by Gasteiger charge is 2.23. The van der Waals surface area contributed by atoms with Crippen LogP contribution in [0.1, 0.15) is 11.1 Å². The van der Waals surface area contributed by atoms with Gasteiger partial charge in [-0.15, -0.1) is 0 Å². The summed E-state index contributed by atoms with van der Waals surface area (Å²) in [6.07, 6.45) is 0. The Hall–Kier alpha value is -3.38. The number of hydrogen-bond donors (Lipinski definition) is 1. The number of nitrogens with zero attached hydrogens (tertiary/aromatic N) is 5. The highest BCUT2D eigenvalue weighted by Crippen LogP contribution is 2.32. The van der Waals surface area contributed by atoms with Crippen molar-refractivity contribution in [3.63, 3.8) is 0 Å². The van der Waals surface area contributed by atoms with Crippen LogP contribution in [0.4, 0.5) is 17.1 Å². The molecule has 0 unspecified atom stereocenters. The van der Waals surface area contributed by atoms with E-state index in [1.165, 1.54) is 29.8 Å². The molecule has 0 spiro atoms. The Balaban J connectivity index is 1.48. The van der Waals surface area contributed by atoms with Crippen LogP contribution < -0.4 is 4.72 Å². The van der Waals surface area contributed by atoms with Crippen molar-refractivity contribution in [2.45, 2.75) is 18.0 Å². The van der Waals surface area contributed by atoms with Gasteiger partial charge in [0.25, 0.3) is 15.7 Å². The summed E-state index contributed by atoms with van der Waals surface area (Å²) in [6, 6.07) is 17.8. The van der Waals surface area contributed by atoms with Crippen molar-refractivity contribution < 1.29 is 13.3 Å². The lowest BCUT2D eigenvalue weighted by Gasteiger charge is -2.32. The van der Waals surface area contributed by atoms with Gasteiger partial charge < -0.3 is 4.90 Å². The van der Waals surface area contributed by atoms with E-state index in [0.717, 1.165) is 44.4 Å². The minimum absolute atomic E-state index is 0.0168. The van der Waals surface area contributed by atoms with E-state index in [4.69, 9.17) is 11.6 Å². The van der Waals surface area contributed by atoms with Crippen molar-refractivity contribution in [1.29, 1.82) is 0 Å². The Morgan fingerprint density at radius 2 is 1.68 bits per heavy atom. The molecule has 0 aromatic heterocycles. The van der Waals surface area contributed by atoms with Gasteiger partial charge in [-0.3, -0.25) is 19.7 Å². The van der Waals surface area contributed by atoms with E-state index in [0.29, 0.717) is 0 Å². The molecule has 1 aliphatic rings. The number of halogens is 1. The second kappa shape index (κ2) is 11.8. The van der Waals surface area contributed by atoms with Crippen LogP contribution in [0.15, 0.2) is 81.9 Å². The summed E-state index contributed by atoms with van der Waals surface area (Å²) in [7, 11) is -2.11. The average molecular weight is 543 g/mol. The molecule has 12 heteroatoms. The number of likely N-dealkylation sites (N-methyl/N-ethyl adjacent to an activating group) is 1. The van der Waals surface area contributed by atoms with Gasteiger partial charge in [0.15, 0.2) is 0 Å². The maximum absolute atomic E-state index is 13.1. The monoisotopic (exact) mass is 542 g/mol. The molecule has 37 heavy (non-hydrogen) atoms. The van der Waals surface area contributed by atoms with Crippen molar-refractivity contribution in [2.24, 2.45) is 10.2 Å². The number of non-ortho nitro benzene ring substituents is 1. The Bertz CT molecular complexity index is 1390.